The first-order chi connectivity index (χ1) is 13.9. The number of rotatable bonds is 9. The number of benzene rings is 1. The van der Waals surface area contributed by atoms with E-state index in [9.17, 15) is 14.4 Å². The summed E-state index contributed by atoms with van der Waals surface area (Å²) < 4.78 is 3.21. The number of aryl methyl sites for hydroxylation is 2. The van der Waals surface area contributed by atoms with Gasteiger partial charge in [-0.3, -0.25) is 19.1 Å². The van der Waals surface area contributed by atoms with Crippen molar-refractivity contribution >= 4 is 16.9 Å². The zero-order chi connectivity index (χ0) is 21.0. The fourth-order valence-electron chi connectivity index (χ4n) is 3.36. The Hall–Kier alpha value is -2.96. The van der Waals surface area contributed by atoms with E-state index in [2.05, 4.69) is 23.8 Å². The van der Waals surface area contributed by atoms with Crippen LogP contribution in [0.2, 0.25) is 0 Å². The van der Waals surface area contributed by atoms with Crippen molar-refractivity contribution in [3.63, 3.8) is 0 Å². The van der Waals surface area contributed by atoms with Crippen LogP contribution in [-0.4, -0.2) is 24.9 Å². The first-order valence-electron chi connectivity index (χ1n) is 10.2. The fraction of sp³-hybridized carbons (Fsp3) is 0.455. The van der Waals surface area contributed by atoms with Crippen molar-refractivity contribution in [2.45, 2.75) is 59.5 Å². The Balaban J connectivity index is 1.72. The summed E-state index contributed by atoms with van der Waals surface area (Å²) in [7, 11) is 0. The minimum Gasteiger partial charge on any atom is -0.325 e. The molecular weight excluding hydrogens is 368 g/mol. The SMILES string of the molecule is CCn1cnc2c1c(=O)[nH]c(=O)n2Cc1ccc(CCC(=O)CCC(C)C)cc1. The molecule has 0 saturated heterocycles. The maximum absolute atomic E-state index is 12.3. The van der Waals surface area contributed by atoms with E-state index in [0.29, 0.717) is 48.8 Å². The highest BCUT2D eigenvalue weighted by Crippen LogP contribution is 2.12. The zero-order valence-electron chi connectivity index (χ0n) is 17.3. The third kappa shape index (κ3) is 4.91. The molecule has 3 aromatic rings. The van der Waals surface area contributed by atoms with E-state index in [1.165, 1.54) is 4.57 Å². The minimum absolute atomic E-state index is 0.302. The molecule has 0 fully saturated rings. The summed E-state index contributed by atoms with van der Waals surface area (Å²) in [4.78, 5) is 43.1. The lowest BCUT2D eigenvalue weighted by Crippen LogP contribution is -2.31. The summed E-state index contributed by atoms with van der Waals surface area (Å²) in [6.07, 6.45) is 4.44. The second kappa shape index (κ2) is 9.03. The van der Waals surface area contributed by atoms with E-state index < -0.39 is 11.2 Å². The molecular formula is C22H28N4O3. The molecule has 3 rings (SSSR count). The van der Waals surface area contributed by atoms with Crippen molar-refractivity contribution in [1.29, 1.82) is 0 Å². The number of nitrogens with zero attached hydrogens (tertiary/aromatic N) is 3. The van der Waals surface area contributed by atoms with Crippen LogP contribution in [0.25, 0.3) is 11.2 Å². The van der Waals surface area contributed by atoms with Crippen molar-refractivity contribution < 1.29 is 4.79 Å². The van der Waals surface area contributed by atoms with Gasteiger partial charge in [0.15, 0.2) is 11.2 Å². The van der Waals surface area contributed by atoms with Gasteiger partial charge in [-0.25, -0.2) is 9.78 Å². The van der Waals surface area contributed by atoms with E-state index in [1.54, 1.807) is 10.9 Å². The summed E-state index contributed by atoms with van der Waals surface area (Å²) in [5.41, 5.74) is 1.94. The maximum atomic E-state index is 12.3. The standard InChI is InChI=1S/C22H28N4O3/c1-4-25-14-23-20-19(25)21(28)24-22(29)26(20)13-17-8-6-16(7-9-17)10-12-18(27)11-5-15(2)3/h6-9,14-15H,4-5,10-13H2,1-3H3,(H,24,28,29). The number of H-pyrrole nitrogens is 1. The third-order valence-electron chi connectivity index (χ3n) is 5.15. The van der Waals surface area contributed by atoms with Crippen LogP contribution in [0.3, 0.4) is 0 Å². The lowest BCUT2D eigenvalue weighted by atomic mass is 10.0. The van der Waals surface area contributed by atoms with Crippen molar-refractivity contribution in [1.82, 2.24) is 19.1 Å². The second-order valence-corrected chi connectivity index (χ2v) is 7.84. The average molecular weight is 396 g/mol. The van der Waals surface area contributed by atoms with E-state index in [-0.39, 0.29) is 0 Å². The number of ketones is 1. The topological polar surface area (TPSA) is 89.8 Å². The lowest BCUT2D eigenvalue weighted by Gasteiger charge is -2.08. The molecule has 7 heteroatoms. The minimum atomic E-state index is -0.469. The number of imidazole rings is 1. The van der Waals surface area contributed by atoms with Gasteiger partial charge in [0.2, 0.25) is 0 Å². The van der Waals surface area contributed by atoms with Crippen LogP contribution in [0.5, 0.6) is 0 Å². The number of carbonyl (C=O) groups is 1. The Labute approximate surface area is 169 Å². The molecule has 1 aromatic carbocycles. The van der Waals surface area contributed by atoms with Gasteiger partial charge in [-0.15, -0.1) is 0 Å². The predicted molar refractivity (Wildman–Crippen MR) is 113 cm³/mol. The predicted octanol–water partition coefficient (Wildman–Crippen LogP) is 2.89. The van der Waals surface area contributed by atoms with E-state index in [1.807, 2.05) is 31.2 Å². The van der Waals surface area contributed by atoms with Gasteiger partial charge in [0.1, 0.15) is 5.78 Å². The molecule has 2 heterocycles. The highest BCUT2D eigenvalue weighted by molar-refractivity contribution is 5.78. The normalized spacial score (nSPS) is 11.4. The molecule has 2 aromatic heterocycles. The number of Topliss-reactive ketones (excluding diaryl/α,β-unsaturated/α-hetero) is 1. The first kappa shape index (κ1) is 20.8. The Morgan fingerprint density at radius 2 is 1.79 bits per heavy atom. The third-order valence-corrected chi connectivity index (χ3v) is 5.15. The number of fused-ring (bicyclic) bond motifs is 1. The number of aromatic nitrogens is 4. The van der Waals surface area contributed by atoms with E-state index >= 15 is 0 Å². The highest BCUT2D eigenvalue weighted by Gasteiger charge is 2.13. The molecule has 0 atom stereocenters. The molecule has 154 valence electrons. The molecule has 29 heavy (non-hydrogen) atoms. The summed E-state index contributed by atoms with van der Waals surface area (Å²) in [6.45, 7) is 7.09. The first-order valence-corrected chi connectivity index (χ1v) is 10.2. The second-order valence-electron chi connectivity index (χ2n) is 7.84. The molecule has 1 N–H and O–H groups in total. The van der Waals surface area contributed by atoms with Gasteiger partial charge in [-0.1, -0.05) is 38.1 Å². The van der Waals surface area contributed by atoms with Crippen LogP contribution in [-0.2, 0) is 24.3 Å². The van der Waals surface area contributed by atoms with Gasteiger partial charge in [-0.05, 0) is 36.8 Å². The molecule has 0 radical (unpaired) electrons. The molecule has 7 nitrogen and oxygen atoms in total. The molecule has 0 aliphatic heterocycles. The Kier molecular flexibility index (Phi) is 6.46. The van der Waals surface area contributed by atoms with Crippen LogP contribution in [0.4, 0.5) is 0 Å². The fourth-order valence-corrected chi connectivity index (χ4v) is 3.36. The molecule has 0 aliphatic carbocycles. The highest BCUT2D eigenvalue weighted by atomic mass is 16.2. The van der Waals surface area contributed by atoms with Crippen molar-refractivity contribution in [2.24, 2.45) is 5.92 Å². The Bertz CT molecular complexity index is 1100. The van der Waals surface area contributed by atoms with Gasteiger partial charge in [-0.2, -0.15) is 0 Å². The molecule has 0 unspecified atom stereocenters. The van der Waals surface area contributed by atoms with Gasteiger partial charge >= 0.3 is 5.69 Å². The van der Waals surface area contributed by atoms with Gasteiger partial charge < -0.3 is 4.57 Å². The summed E-state index contributed by atoms with van der Waals surface area (Å²) in [5, 5.41) is 0. The van der Waals surface area contributed by atoms with Crippen LogP contribution in [0.1, 0.15) is 51.2 Å². The number of nitrogens with one attached hydrogen (secondary N) is 1. The van der Waals surface area contributed by atoms with Crippen molar-refractivity contribution in [3.05, 3.63) is 62.6 Å². The number of hydrogen-bond acceptors (Lipinski definition) is 4. The van der Waals surface area contributed by atoms with Crippen LogP contribution < -0.4 is 11.2 Å². The summed E-state index contributed by atoms with van der Waals surface area (Å²) in [5.74, 6) is 0.848. The quantitative estimate of drug-likeness (QED) is 0.602. The summed E-state index contributed by atoms with van der Waals surface area (Å²) >= 11 is 0. The number of carbonyl (C=O) groups excluding carboxylic acids is 1. The van der Waals surface area contributed by atoms with E-state index in [4.69, 9.17) is 0 Å². The zero-order valence-corrected chi connectivity index (χ0v) is 17.3. The monoisotopic (exact) mass is 396 g/mol. The van der Waals surface area contributed by atoms with Crippen molar-refractivity contribution in [3.8, 4) is 0 Å². The number of hydrogen-bond donors (Lipinski definition) is 1. The molecule has 0 bridgehead atoms. The Morgan fingerprint density at radius 1 is 1.10 bits per heavy atom. The van der Waals surface area contributed by atoms with Gasteiger partial charge in [0, 0.05) is 19.4 Å². The maximum Gasteiger partial charge on any atom is 0.330 e. The van der Waals surface area contributed by atoms with Crippen LogP contribution in [0, 0.1) is 5.92 Å². The largest absolute Gasteiger partial charge is 0.330 e. The smallest absolute Gasteiger partial charge is 0.325 e. The number of aromatic amines is 1. The average Bonchev–Trinajstić information content (AvgIpc) is 3.13. The van der Waals surface area contributed by atoms with Gasteiger partial charge in [0.05, 0.1) is 12.9 Å². The molecule has 0 saturated carbocycles. The molecule has 0 aliphatic rings. The van der Waals surface area contributed by atoms with Crippen molar-refractivity contribution in [2.75, 3.05) is 0 Å². The lowest BCUT2D eigenvalue weighted by molar-refractivity contribution is -0.119. The Morgan fingerprint density at radius 3 is 2.45 bits per heavy atom. The summed E-state index contributed by atoms with van der Waals surface area (Å²) in [6, 6.07) is 7.88. The van der Waals surface area contributed by atoms with Gasteiger partial charge in [0.25, 0.3) is 5.56 Å². The van der Waals surface area contributed by atoms with Crippen LogP contribution >= 0.6 is 0 Å². The molecule has 0 spiro atoms. The van der Waals surface area contributed by atoms with Crippen LogP contribution in [0.15, 0.2) is 40.2 Å². The van der Waals surface area contributed by atoms with E-state index in [0.717, 1.165) is 24.0 Å². The molecule has 0 amide bonds.